The molecule has 2 aromatic rings. The molecule has 1 aliphatic rings. The summed E-state index contributed by atoms with van der Waals surface area (Å²) in [6.45, 7) is 1.06. The first-order chi connectivity index (χ1) is 14.9. The summed E-state index contributed by atoms with van der Waals surface area (Å²) in [7, 11) is 3.11. The summed E-state index contributed by atoms with van der Waals surface area (Å²) >= 11 is 3.05. The van der Waals surface area contributed by atoms with Crippen LogP contribution < -0.4 is 9.47 Å². The summed E-state index contributed by atoms with van der Waals surface area (Å²) in [5.74, 6) is 0.442. The second-order valence-electron chi connectivity index (χ2n) is 6.63. The number of halogens is 2. The fourth-order valence-electron chi connectivity index (χ4n) is 2.91. The molecule has 0 radical (unpaired) electrons. The molecule has 0 aliphatic carbocycles. The first-order valence-electron chi connectivity index (χ1n) is 9.42. The average Bonchev–Trinajstić information content (AvgIpc) is 3.01. The van der Waals surface area contributed by atoms with Crippen molar-refractivity contribution in [2.45, 2.75) is 13.0 Å². The van der Waals surface area contributed by atoms with E-state index >= 15 is 0 Å². The topological polar surface area (TPSA) is 65.1 Å². The van der Waals surface area contributed by atoms with Gasteiger partial charge in [-0.15, -0.1) is 0 Å². The molecule has 1 aliphatic heterocycles. The van der Waals surface area contributed by atoms with Gasteiger partial charge < -0.3 is 14.2 Å². The summed E-state index contributed by atoms with van der Waals surface area (Å²) < 4.78 is 30.2. The number of hydrogen-bond acceptors (Lipinski definition) is 6. The predicted octanol–water partition coefficient (Wildman–Crippen LogP) is 5.09. The molecule has 2 aromatic carbocycles. The minimum Gasteiger partial charge on any atom is -0.493 e. The summed E-state index contributed by atoms with van der Waals surface area (Å²) in [5, 5.41) is -0.284. The van der Waals surface area contributed by atoms with E-state index in [0.29, 0.717) is 36.0 Å². The molecule has 9 heteroatoms. The van der Waals surface area contributed by atoms with Crippen LogP contribution in [0.1, 0.15) is 17.5 Å². The quantitative estimate of drug-likeness (QED) is 0.243. The second-order valence-corrected chi connectivity index (χ2v) is 8.78. The molecule has 0 unspecified atom stereocenters. The van der Waals surface area contributed by atoms with E-state index < -0.39 is 0 Å². The summed E-state index contributed by atoms with van der Waals surface area (Å²) in [6, 6.07) is 9.68. The molecular formula is C22H21FINO5S. The van der Waals surface area contributed by atoms with Crippen molar-refractivity contribution in [3.05, 3.63) is 61.8 Å². The van der Waals surface area contributed by atoms with E-state index in [1.807, 2.05) is 6.07 Å². The van der Waals surface area contributed by atoms with Crippen molar-refractivity contribution >= 4 is 51.6 Å². The molecule has 0 spiro atoms. The van der Waals surface area contributed by atoms with Gasteiger partial charge in [-0.25, -0.2) is 4.39 Å². The zero-order chi connectivity index (χ0) is 22.4. The zero-order valence-corrected chi connectivity index (χ0v) is 20.0. The maximum Gasteiger partial charge on any atom is 0.293 e. The van der Waals surface area contributed by atoms with E-state index in [1.54, 1.807) is 31.4 Å². The largest absolute Gasteiger partial charge is 0.493 e. The number of hydrogen-bond donors (Lipinski definition) is 0. The van der Waals surface area contributed by atoms with Gasteiger partial charge in [0.05, 0.1) is 15.6 Å². The molecule has 6 nitrogen and oxygen atoms in total. The molecule has 0 saturated carbocycles. The van der Waals surface area contributed by atoms with Gasteiger partial charge in [0, 0.05) is 20.3 Å². The third-order valence-electron chi connectivity index (χ3n) is 4.45. The van der Waals surface area contributed by atoms with Crippen molar-refractivity contribution < 1.29 is 28.2 Å². The fraction of sp³-hybridized carbons (Fsp3) is 0.273. The molecule has 0 atom stereocenters. The number of methoxy groups -OCH3 is 2. The molecule has 0 aromatic heterocycles. The van der Waals surface area contributed by atoms with E-state index in [4.69, 9.17) is 14.2 Å². The van der Waals surface area contributed by atoms with E-state index in [0.717, 1.165) is 26.5 Å². The Balaban J connectivity index is 1.77. The Labute approximate surface area is 197 Å². The van der Waals surface area contributed by atoms with Gasteiger partial charge in [0.2, 0.25) is 0 Å². The number of nitrogens with zero attached hydrogens (tertiary/aromatic N) is 1. The Morgan fingerprint density at radius 2 is 1.90 bits per heavy atom. The highest BCUT2D eigenvalue weighted by molar-refractivity contribution is 14.1. The third kappa shape index (κ3) is 5.98. The highest BCUT2D eigenvalue weighted by Gasteiger charge is 2.34. The average molecular weight is 557 g/mol. The molecule has 164 valence electrons. The van der Waals surface area contributed by atoms with Crippen molar-refractivity contribution in [3.8, 4) is 11.5 Å². The minimum absolute atomic E-state index is 0.256. The maximum atomic E-state index is 13.1. The first kappa shape index (κ1) is 23.6. The van der Waals surface area contributed by atoms with Crippen LogP contribution in [0, 0.1) is 9.39 Å². The molecule has 2 amide bonds. The van der Waals surface area contributed by atoms with Crippen LogP contribution in [0.15, 0.2) is 41.3 Å². The van der Waals surface area contributed by atoms with E-state index in [1.165, 1.54) is 24.1 Å². The Bertz CT molecular complexity index is 996. The van der Waals surface area contributed by atoms with Crippen LogP contribution in [0.3, 0.4) is 0 Å². The van der Waals surface area contributed by atoms with Gasteiger partial charge in [-0.3, -0.25) is 14.5 Å². The standard InChI is InChI=1S/C22H21FINO5S/c1-28-9-3-8-25-21(26)19(31-22(25)27)12-15-10-17(24)20(18(11-15)29-2)30-13-14-4-6-16(23)7-5-14/h4-7,10-12H,3,8-9,13H2,1-2H3/b19-12+. The lowest BCUT2D eigenvalue weighted by Gasteiger charge is -2.14. The molecule has 0 N–H and O–H groups in total. The molecule has 3 rings (SSSR count). The van der Waals surface area contributed by atoms with E-state index in [9.17, 15) is 14.0 Å². The van der Waals surface area contributed by atoms with Crippen molar-refractivity contribution in [3.63, 3.8) is 0 Å². The molecule has 1 heterocycles. The van der Waals surface area contributed by atoms with Crippen LogP contribution in [0.25, 0.3) is 6.08 Å². The molecule has 1 saturated heterocycles. The smallest absolute Gasteiger partial charge is 0.293 e. The highest BCUT2D eigenvalue weighted by atomic mass is 127. The summed E-state index contributed by atoms with van der Waals surface area (Å²) in [4.78, 5) is 26.4. The number of carbonyl (C=O) groups is 2. The number of carbonyl (C=O) groups excluding carboxylic acids is 2. The van der Waals surface area contributed by atoms with Crippen LogP contribution >= 0.6 is 34.4 Å². The Hall–Kier alpha value is -2.11. The number of ether oxygens (including phenoxy) is 3. The predicted molar refractivity (Wildman–Crippen MR) is 126 cm³/mol. The molecule has 1 fully saturated rings. The summed E-state index contributed by atoms with van der Waals surface area (Å²) in [6.07, 6.45) is 2.27. The Morgan fingerprint density at radius 1 is 1.16 bits per heavy atom. The number of amides is 2. The van der Waals surface area contributed by atoms with Crippen LogP contribution in [-0.4, -0.2) is 43.4 Å². The lowest BCUT2D eigenvalue weighted by Crippen LogP contribution is -2.29. The Kier molecular flexibility index (Phi) is 8.33. The van der Waals surface area contributed by atoms with Gasteiger partial charge in [0.25, 0.3) is 11.1 Å². The first-order valence-corrected chi connectivity index (χ1v) is 11.3. The number of imide groups is 1. The van der Waals surface area contributed by atoms with Gasteiger partial charge in [-0.1, -0.05) is 12.1 Å². The van der Waals surface area contributed by atoms with Gasteiger partial charge in [0.15, 0.2) is 11.5 Å². The fourth-order valence-corrected chi connectivity index (χ4v) is 4.56. The van der Waals surface area contributed by atoms with Gasteiger partial charge in [-0.2, -0.15) is 0 Å². The van der Waals surface area contributed by atoms with Crippen LogP contribution in [-0.2, 0) is 16.1 Å². The lowest BCUT2D eigenvalue weighted by molar-refractivity contribution is -0.122. The Morgan fingerprint density at radius 3 is 2.58 bits per heavy atom. The van der Waals surface area contributed by atoms with E-state index in [-0.39, 0.29) is 23.6 Å². The van der Waals surface area contributed by atoms with Gasteiger partial charge in [-0.05, 0) is 82.2 Å². The van der Waals surface area contributed by atoms with Crippen molar-refractivity contribution in [2.24, 2.45) is 0 Å². The third-order valence-corrected chi connectivity index (χ3v) is 6.16. The highest BCUT2D eigenvalue weighted by Crippen LogP contribution is 2.37. The number of rotatable bonds is 9. The lowest BCUT2D eigenvalue weighted by atomic mass is 10.1. The van der Waals surface area contributed by atoms with Gasteiger partial charge in [0.1, 0.15) is 12.4 Å². The van der Waals surface area contributed by atoms with Crippen LogP contribution in [0.5, 0.6) is 11.5 Å². The number of benzene rings is 2. The van der Waals surface area contributed by atoms with Crippen molar-refractivity contribution in [1.29, 1.82) is 0 Å². The van der Waals surface area contributed by atoms with Crippen LogP contribution in [0.2, 0.25) is 0 Å². The second kappa shape index (κ2) is 11.0. The molecular weight excluding hydrogens is 536 g/mol. The minimum atomic E-state index is -0.309. The SMILES string of the molecule is COCCCN1C(=O)S/C(=C/c2cc(I)c(OCc3ccc(F)cc3)c(OC)c2)C1=O. The van der Waals surface area contributed by atoms with E-state index in [2.05, 4.69) is 22.6 Å². The molecule has 0 bridgehead atoms. The zero-order valence-electron chi connectivity index (χ0n) is 17.0. The van der Waals surface area contributed by atoms with Gasteiger partial charge >= 0.3 is 0 Å². The van der Waals surface area contributed by atoms with Crippen molar-refractivity contribution in [2.75, 3.05) is 27.4 Å². The molecule has 31 heavy (non-hydrogen) atoms. The summed E-state index contributed by atoms with van der Waals surface area (Å²) in [5.41, 5.74) is 1.54. The van der Waals surface area contributed by atoms with Crippen molar-refractivity contribution in [1.82, 2.24) is 4.90 Å². The normalized spacial score (nSPS) is 15.1. The number of thioether (sulfide) groups is 1. The maximum absolute atomic E-state index is 13.1. The van der Waals surface area contributed by atoms with Crippen LogP contribution in [0.4, 0.5) is 9.18 Å². The monoisotopic (exact) mass is 557 g/mol.